The zero-order chi connectivity index (χ0) is 13.7. The van der Waals surface area contributed by atoms with Gasteiger partial charge in [0, 0.05) is 13.3 Å². The van der Waals surface area contributed by atoms with Gasteiger partial charge in [0.15, 0.2) is 11.5 Å². The van der Waals surface area contributed by atoms with Gasteiger partial charge in [-0.25, -0.2) is 4.98 Å². The predicted octanol–water partition coefficient (Wildman–Crippen LogP) is 2.64. The van der Waals surface area contributed by atoms with Crippen LogP contribution >= 0.6 is 0 Å². The van der Waals surface area contributed by atoms with Crippen LogP contribution in [0, 0.1) is 6.92 Å². The summed E-state index contributed by atoms with van der Waals surface area (Å²) in [5.74, 6) is 0.961. The lowest BCUT2D eigenvalue weighted by atomic mass is 10.1. The summed E-state index contributed by atoms with van der Waals surface area (Å²) in [5.41, 5.74) is 3.02. The second-order valence-corrected chi connectivity index (χ2v) is 4.84. The first-order valence-electron chi connectivity index (χ1n) is 6.71. The van der Waals surface area contributed by atoms with Gasteiger partial charge < -0.3 is 14.5 Å². The molecule has 1 heterocycles. The molecule has 1 N–H and O–H groups in total. The molecule has 0 atom stereocenters. The van der Waals surface area contributed by atoms with Crippen molar-refractivity contribution in [1.29, 1.82) is 0 Å². The van der Waals surface area contributed by atoms with Crippen LogP contribution in [0.4, 0.5) is 0 Å². The molecule has 4 heteroatoms. The van der Waals surface area contributed by atoms with Crippen molar-refractivity contribution in [3.05, 3.63) is 29.7 Å². The molecule has 19 heavy (non-hydrogen) atoms. The first kappa shape index (κ1) is 13.7. The number of benzene rings is 1. The number of hydrogen-bond donors (Lipinski definition) is 1. The molecule has 0 radical (unpaired) electrons. The Morgan fingerprint density at radius 3 is 3.00 bits per heavy atom. The third kappa shape index (κ3) is 4.17. The molecule has 0 fully saturated rings. The lowest BCUT2D eigenvalue weighted by Crippen LogP contribution is -2.19. The molecule has 0 saturated carbocycles. The molecule has 4 nitrogen and oxygen atoms in total. The van der Waals surface area contributed by atoms with Crippen molar-refractivity contribution < 1.29 is 9.21 Å². The van der Waals surface area contributed by atoms with Crippen molar-refractivity contribution in [1.82, 2.24) is 10.3 Å². The smallest absolute Gasteiger partial charge is 0.192 e. The van der Waals surface area contributed by atoms with E-state index in [4.69, 9.17) is 4.42 Å². The molecule has 1 aromatic carbocycles. The first-order valence-corrected chi connectivity index (χ1v) is 6.71. The average Bonchev–Trinajstić information content (AvgIpc) is 2.72. The molecule has 0 saturated heterocycles. The highest BCUT2D eigenvalue weighted by Gasteiger charge is 2.03. The minimum absolute atomic E-state index is 0.258. The molecular weight excluding hydrogens is 240 g/mol. The number of hydrogen-bond acceptors (Lipinski definition) is 4. The Labute approximate surface area is 113 Å². The van der Waals surface area contributed by atoms with Gasteiger partial charge in [-0.3, -0.25) is 0 Å². The van der Waals surface area contributed by atoms with Crippen LogP contribution in [0.15, 0.2) is 22.6 Å². The number of oxazole rings is 1. The largest absolute Gasteiger partial charge is 0.441 e. The topological polar surface area (TPSA) is 55.1 Å². The highest BCUT2D eigenvalue weighted by molar-refractivity contribution is 5.75. The molecule has 0 spiro atoms. The number of fused-ring (bicyclic) bond motifs is 1. The fourth-order valence-corrected chi connectivity index (χ4v) is 2.06. The summed E-state index contributed by atoms with van der Waals surface area (Å²) >= 11 is 0. The van der Waals surface area contributed by atoms with Gasteiger partial charge in [-0.2, -0.15) is 0 Å². The van der Waals surface area contributed by atoms with Crippen LogP contribution in [0.5, 0.6) is 0 Å². The number of rotatable bonds is 7. The molecule has 2 rings (SSSR count). The number of Topliss-reactive ketones (excluding diaryl/α,β-unsaturated/α-hetero) is 1. The maximum atomic E-state index is 10.8. The third-order valence-electron chi connectivity index (χ3n) is 3.03. The minimum atomic E-state index is 0.258. The molecule has 0 aliphatic carbocycles. The summed E-state index contributed by atoms with van der Waals surface area (Å²) in [7, 11) is 0. The number of nitrogens with zero attached hydrogens (tertiary/aromatic N) is 1. The lowest BCUT2D eigenvalue weighted by Gasteiger charge is -2.04. The molecule has 102 valence electrons. The van der Waals surface area contributed by atoms with E-state index in [9.17, 15) is 4.79 Å². The molecule has 2 aromatic rings. The van der Waals surface area contributed by atoms with Gasteiger partial charge in [0.25, 0.3) is 0 Å². The zero-order valence-corrected chi connectivity index (χ0v) is 11.5. The summed E-state index contributed by atoms with van der Waals surface area (Å²) in [6, 6.07) is 6.12. The summed E-state index contributed by atoms with van der Waals surface area (Å²) in [5, 5.41) is 3.35. The van der Waals surface area contributed by atoms with Crippen LogP contribution in [0.1, 0.15) is 31.2 Å². The Balaban J connectivity index is 1.76. The maximum absolute atomic E-state index is 10.8. The average molecular weight is 260 g/mol. The van der Waals surface area contributed by atoms with Gasteiger partial charge in [0.2, 0.25) is 0 Å². The number of nitrogens with one attached hydrogen (secondary N) is 1. The summed E-state index contributed by atoms with van der Waals surface area (Å²) < 4.78 is 5.44. The fraction of sp³-hybridized carbons (Fsp3) is 0.467. The van der Waals surface area contributed by atoms with Gasteiger partial charge in [0.05, 0.1) is 0 Å². The summed E-state index contributed by atoms with van der Waals surface area (Å²) in [4.78, 5) is 15.1. The zero-order valence-electron chi connectivity index (χ0n) is 11.5. The number of ketones is 1. The molecule has 0 aliphatic heterocycles. The second kappa shape index (κ2) is 6.48. The van der Waals surface area contributed by atoms with Crippen LogP contribution in [0.25, 0.3) is 11.1 Å². The van der Waals surface area contributed by atoms with Crippen molar-refractivity contribution in [2.45, 2.75) is 33.1 Å². The van der Waals surface area contributed by atoms with Crippen LogP contribution < -0.4 is 5.32 Å². The standard InChI is InChI=1S/C15H20N2O2/c1-11(18)4-3-8-16-9-7-13-5-6-15-14(10-13)17-12(2)19-15/h5-6,10,16H,3-4,7-9H2,1-2H3. The minimum Gasteiger partial charge on any atom is -0.441 e. The fourth-order valence-electron chi connectivity index (χ4n) is 2.06. The van der Waals surface area contributed by atoms with E-state index in [2.05, 4.69) is 22.4 Å². The molecule has 0 amide bonds. The van der Waals surface area contributed by atoms with E-state index in [-0.39, 0.29) is 5.78 Å². The van der Waals surface area contributed by atoms with Crippen LogP contribution in [-0.2, 0) is 11.2 Å². The second-order valence-electron chi connectivity index (χ2n) is 4.84. The maximum Gasteiger partial charge on any atom is 0.192 e. The van der Waals surface area contributed by atoms with Crippen LogP contribution in [0.2, 0.25) is 0 Å². The van der Waals surface area contributed by atoms with Gasteiger partial charge in [0.1, 0.15) is 11.3 Å². The quantitative estimate of drug-likeness (QED) is 0.778. The molecule has 0 unspecified atom stereocenters. The van der Waals surface area contributed by atoms with Crippen LogP contribution in [0.3, 0.4) is 0 Å². The number of aromatic nitrogens is 1. The SMILES string of the molecule is CC(=O)CCCNCCc1ccc2oc(C)nc2c1. The number of carbonyl (C=O) groups is 1. The van der Waals surface area contributed by atoms with Gasteiger partial charge >= 0.3 is 0 Å². The Bertz CT molecular complexity index is 560. The van der Waals surface area contributed by atoms with Gasteiger partial charge in [-0.15, -0.1) is 0 Å². The van der Waals surface area contributed by atoms with E-state index in [1.54, 1.807) is 6.92 Å². The third-order valence-corrected chi connectivity index (χ3v) is 3.03. The van der Waals surface area contributed by atoms with E-state index in [1.807, 2.05) is 13.0 Å². The molecule has 0 bridgehead atoms. The van der Waals surface area contributed by atoms with Gasteiger partial charge in [-0.05, 0) is 50.6 Å². The van der Waals surface area contributed by atoms with Crippen molar-refractivity contribution >= 4 is 16.9 Å². The highest BCUT2D eigenvalue weighted by atomic mass is 16.3. The number of aryl methyl sites for hydroxylation is 1. The van der Waals surface area contributed by atoms with E-state index in [0.717, 1.165) is 37.0 Å². The number of carbonyl (C=O) groups excluding carboxylic acids is 1. The molecule has 0 aliphatic rings. The van der Waals surface area contributed by atoms with E-state index in [0.29, 0.717) is 12.3 Å². The van der Waals surface area contributed by atoms with Gasteiger partial charge in [-0.1, -0.05) is 6.07 Å². The van der Waals surface area contributed by atoms with E-state index >= 15 is 0 Å². The predicted molar refractivity (Wildman–Crippen MR) is 75.2 cm³/mol. The Hall–Kier alpha value is -1.68. The molecule has 1 aromatic heterocycles. The lowest BCUT2D eigenvalue weighted by molar-refractivity contribution is -0.117. The Kier molecular flexibility index (Phi) is 4.68. The summed E-state index contributed by atoms with van der Waals surface area (Å²) in [6.45, 7) is 5.30. The highest BCUT2D eigenvalue weighted by Crippen LogP contribution is 2.16. The van der Waals surface area contributed by atoms with Crippen molar-refractivity contribution in [3.63, 3.8) is 0 Å². The van der Waals surface area contributed by atoms with Crippen molar-refractivity contribution in [3.8, 4) is 0 Å². The van der Waals surface area contributed by atoms with Crippen molar-refractivity contribution in [2.75, 3.05) is 13.1 Å². The van der Waals surface area contributed by atoms with Crippen molar-refractivity contribution in [2.24, 2.45) is 0 Å². The van der Waals surface area contributed by atoms with Crippen LogP contribution in [-0.4, -0.2) is 23.9 Å². The van der Waals surface area contributed by atoms with E-state index < -0.39 is 0 Å². The first-order chi connectivity index (χ1) is 9.15. The monoisotopic (exact) mass is 260 g/mol. The Morgan fingerprint density at radius 1 is 1.37 bits per heavy atom. The normalized spacial score (nSPS) is 11.1. The molecular formula is C15H20N2O2. The summed E-state index contributed by atoms with van der Waals surface area (Å²) in [6.07, 6.45) is 2.54. The van der Waals surface area contributed by atoms with E-state index in [1.165, 1.54) is 5.56 Å². The Morgan fingerprint density at radius 2 is 2.21 bits per heavy atom.